The Labute approximate surface area is 89.7 Å². The van der Waals surface area contributed by atoms with Crippen molar-refractivity contribution in [1.29, 1.82) is 0 Å². The maximum absolute atomic E-state index is 5.95. The SMILES string of the molecule is C=CCCCCCCCC[Si](C)Cl. The van der Waals surface area contributed by atoms with E-state index in [0.29, 0.717) is 0 Å². The van der Waals surface area contributed by atoms with Crippen molar-refractivity contribution < 1.29 is 0 Å². The lowest BCUT2D eigenvalue weighted by Crippen LogP contribution is -1.94. The molecular formula is C11H22ClSi. The normalized spacial score (nSPS) is 10.7. The van der Waals surface area contributed by atoms with E-state index in [4.69, 9.17) is 11.1 Å². The van der Waals surface area contributed by atoms with Crippen molar-refractivity contribution in [1.82, 2.24) is 0 Å². The molecule has 0 aromatic carbocycles. The zero-order chi connectivity index (χ0) is 9.94. The molecule has 0 aromatic heterocycles. The largest absolute Gasteiger partial charge is 0.169 e. The molecule has 0 nitrogen and oxygen atoms in total. The summed E-state index contributed by atoms with van der Waals surface area (Å²) in [6, 6.07) is 1.28. The predicted octanol–water partition coefficient (Wildman–Crippen LogP) is 4.76. The molecule has 0 saturated heterocycles. The van der Waals surface area contributed by atoms with Crippen LogP contribution in [0.5, 0.6) is 0 Å². The molecule has 13 heavy (non-hydrogen) atoms. The fourth-order valence-electron chi connectivity index (χ4n) is 1.36. The first-order valence-electron chi connectivity index (χ1n) is 5.36. The van der Waals surface area contributed by atoms with Crippen LogP contribution in [0.4, 0.5) is 0 Å². The maximum atomic E-state index is 5.95. The molecule has 77 valence electrons. The van der Waals surface area contributed by atoms with E-state index in [1.807, 2.05) is 6.08 Å². The van der Waals surface area contributed by atoms with Gasteiger partial charge in [-0.3, -0.25) is 0 Å². The van der Waals surface area contributed by atoms with Gasteiger partial charge < -0.3 is 0 Å². The number of allylic oxidation sites excluding steroid dienone is 1. The molecule has 0 spiro atoms. The summed E-state index contributed by atoms with van der Waals surface area (Å²) in [7, 11) is -0.477. The van der Waals surface area contributed by atoms with Crippen molar-refractivity contribution in [3.8, 4) is 0 Å². The minimum atomic E-state index is -0.477. The second-order valence-electron chi connectivity index (χ2n) is 3.62. The molecule has 2 heteroatoms. The van der Waals surface area contributed by atoms with E-state index < -0.39 is 8.11 Å². The number of halogens is 1. The van der Waals surface area contributed by atoms with Gasteiger partial charge in [0.05, 0.1) is 0 Å². The Morgan fingerprint density at radius 2 is 1.62 bits per heavy atom. The van der Waals surface area contributed by atoms with Crippen molar-refractivity contribution in [3.63, 3.8) is 0 Å². The molecule has 0 aliphatic rings. The minimum absolute atomic E-state index is 0.477. The van der Waals surface area contributed by atoms with E-state index in [-0.39, 0.29) is 0 Å². The average Bonchev–Trinajstić information content (AvgIpc) is 2.09. The third-order valence-electron chi connectivity index (χ3n) is 2.18. The summed E-state index contributed by atoms with van der Waals surface area (Å²) in [6.07, 6.45) is 11.4. The highest BCUT2D eigenvalue weighted by molar-refractivity contribution is 7.06. The van der Waals surface area contributed by atoms with Crippen molar-refractivity contribution in [2.24, 2.45) is 0 Å². The van der Waals surface area contributed by atoms with Gasteiger partial charge >= 0.3 is 0 Å². The Morgan fingerprint density at radius 1 is 1.08 bits per heavy atom. The van der Waals surface area contributed by atoms with Gasteiger partial charge in [-0.05, 0) is 18.9 Å². The number of unbranched alkanes of at least 4 members (excludes halogenated alkanes) is 6. The van der Waals surface area contributed by atoms with E-state index in [2.05, 4.69) is 13.1 Å². The van der Waals surface area contributed by atoms with Crippen LogP contribution in [0.3, 0.4) is 0 Å². The Morgan fingerprint density at radius 3 is 2.15 bits per heavy atom. The fourth-order valence-corrected chi connectivity index (χ4v) is 2.50. The van der Waals surface area contributed by atoms with E-state index in [0.717, 1.165) is 0 Å². The van der Waals surface area contributed by atoms with Crippen LogP contribution in [-0.4, -0.2) is 8.11 Å². The third-order valence-corrected chi connectivity index (χ3v) is 3.79. The van der Waals surface area contributed by atoms with Gasteiger partial charge in [0.25, 0.3) is 0 Å². The van der Waals surface area contributed by atoms with Crippen molar-refractivity contribution in [2.75, 3.05) is 0 Å². The Hall–Kier alpha value is 0.247. The lowest BCUT2D eigenvalue weighted by atomic mass is 10.1. The molecule has 0 bridgehead atoms. The number of hydrogen-bond donors (Lipinski definition) is 0. The van der Waals surface area contributed by atoms with Gasteiger partial charge in [0.2, 0.25) is 0 Å². The van der Waals surface area contributed by atoms with Crippen LogP contribution < -0.4 is 0 Å². The fraction of sp³-hybridized carbons (Fsp3) is 0.818. The molecule has 0 fully saturated rings. The lowest BCUT2D eigenvalue weighted by molar-refractivity contribution is 0.611. The highest BCUT2D eigenvalue weighted by Crippen LogP contribution is 2.11. The quantitative estimate of drug-likeness (QED) is 0.226. The molecule has 0 N–H and O–H groups in total. The highest BCUT2D eigenvalue weighted by atomic mass is 35.6. The van der Waals surface area contributed by atoms with Crippen LogP contribution in [0, 0.1) is 0 Å². The van der Waals surface area contributed by atoms with Gasteiger partial charge in [0, 0.05) is 0 Å². The third kappa shape index (κ3) is 12.2. The first-order chi connectivity index (χ1) is 6.27. The van der Waals surface area contributed by atoms with Gasteiger partial charge in [-0.1, -0.05) is 44.7 Å². The van der Waals surface area contributed by atoms with Crippen LogP contribution >= 0.6 is 11.1 Å². The van der Waals surface area contributed by atoms with Gasteiger partial charge in [0.15, 0.2) is 8.11 Å². The van der Waals surface area contributed by atoms with E-state index in [9.17, 15) is 0 Å². The topological polar surface area (TPSA) is 0 Å². The second kappa shape index (κ2) is 10.3. The van der Waals surface area contributed by atoms with E-state index in [1.165, 1.54) is 51.0 Å². The molecule has 1 radical (unpaired) electrons. The Bertz CT molecular complexity index is 113. The zero-order valence-corrected chi connectivity index (χ0v) is 10.6. The molecule has 0 aliphatic heterocycles. The lowest BCUT2D eigenvalue weighted by Gasteiger charge is -2.01. The van der Waals surface area contributed by atoms with E-state index in [1.54, 1.807) is 0 Å². The summed E-state index contributed by atoms with van der Waals surface area (Å²) in [5.41, 5.74) is 0. The molecule has 0 amide bonds. The van der Waals surface area contributed by atoms with Crippen LogP contribution in [0.25, 0.3) is 0 Å². The molecule has 0 aromatic rings. The summed E-state index contributed by atoms with van der Waals surface area (Å²) in [6.45, 7) is 5.89. The van der Waals surface area contributed by atoms with Crippen molar-refractivity contribution >= 4 is 19.2 Å². The summed E-state index contributed by atoms with van der Waals surface area (Å²) >= 11 is 5.95. The zero-order valence-electron chi connectivity index (χ0n) is 8.82. The first kappa shape index (κ1) is 13.2. The predicted molar refractivity (Wildman–Crippen MR) is 64.8 cm³/mol. The minimum Gasteiger partial charge on any atom is -0.169 e. The van der Waals surface area contributed by atoms with Gasteiger partial charge in [0.1, 0.15) is 0 Å². The Balaban J connectivity index is 2.87. The standard InChI is InChI=1S/C11H22ClSi/c1-3-4-5-6-7-8-9-10-11-13(2)12/h3H,1,4-11H2,2H3. The van der Waals surface area contributed by atoms with Crippen molar-refractivity contribution in [2.45, 2.75) is 57.5 Å². The van der Waals surface area contributed by atoms with Crippen LogP contribution in [0.2, 0.25) is 12.6 Å². The summed E-state index contributed by atoms with van der Waals surface area (Å²) < 4.78 is 0. The van der Waals surface area contributed by atoms with Gasteiger partial charge in [-0.15, -0.1) is 6.58 Å². The molecule has 0 heterocycles. The van der Waals surface area contributed by atoms with Gasteiger partial charge in [-0.2, -0.15) is 11.1 Å². The highest BCUT2D eigenvalue weighted by Gasteiger charge is 1.98. The van der Waals surface area contributed by atoms with Crippen LogP contribution in [-0.2, 0) is 0 Å². The maximum Gasteiger partial charge on any atom is 0.162 e. The van der Waals surface area contributed by atoms with Crippen LogP contribution in [0.15, 0.2) is 12.7 Å². The Kier molecular flexibility index (Phi) is 10.5. The smallest absolute Gasteiger partial charge is 0.162 e. The van der Waals surface area contributed by atoms with Gasteiger partial charge in [-0.25, -0.2) is 0 Å². The molecule has 0 aliphatic carbocycles. The van der Waals surface area contributed by atoms with Crippen LogP contribution in [0.1, 0.15) is 44.9 Å². The average molecular weight is 218 g/mol. The monoisotopic (exact) mass is 217 g/mol. The summed E-state index contributed by atoms with van der Waals surface area (Å²) in [4.78, 5) is 0. The first-order valence-corrected chi connectivity index (χ1v) is 8.58. The molecular weight excluding hydrogens is 196 g/mol. The molecule has 0 unspecified atom stereocenters. The number of rotatable bonds is 9. The molecule has 0 rings (SSSR count). The van der Waals surface area contributed by atoms with E-state index >= 15 is 0 Å². The van der Waals surface area contributed by atoms with Crippen molar-refractivity contribution in [3.05, 3.63) is 12.7 Å². The molecule has 0 saturated carbocycles. The molecule has 0 atom stereocenters. The second-order valence-corrected chi connectivity index (χ2v) is 7.41. The summed E-state index contributed by atoms with van der Waals surface area (Å²) in [5.74, 6) is 0. The number of hydrogen-bond acceptors (Lipinski definition) is 0. The summed E-state index contributed by atoms with van der Waals surface area (Å²) in [5, 5.41) is 0.